The molecule has 84 valence electrons. The molecule has 0 aliphatic rings. The molecule has 1 nitrogen and oxygen atoms in total. The molecule has 0 heterocycles. The summed E-state index contributed by atoms with van der Waals surface area (Å²) in [7, 11) is 0. The highest BCUT2D eigenvalue weighted by Gasteiger charge is 2.10. The van der Waals surface area contributed by atoms with E-state index in [4.69, 9.17) is 5.73 Å². The Labute approximate surface area is 91.5 Å². The van der Waals surface area contributed by atoms with E-state index in [0.717, 1.165) is 12.0 Å². The number of rotatable bonds is 5. The van der Waals surface area contributed by atoms with Crippen molar-refractivity contribution in [3.05, 3.63) is 35.6 Å². The van der Waals surface area contributed by atoms with E-state index < -0.39 is 0 Å². The number of halogens is 1. The quantitative estimate of drug-likeness (QED) is 0.787. The van der Waals surface area contributed by atoms with Gasteiger partial charge in [0.2, 0.25) is 0 Å². The molecule has 15 heavy (non-hydrogen) atoms. The summed E-state index contributed by atoms with van der Waals surface area (Å²) in [5, 5.41) is 0. The third-order valence-electron chi connectivity index (χ3n) is 2.71. The van der Waals surface area contributed by atoms with Gasteiger partial charge in [-0.2, -0.15) is 0 Å². The second-order valence-electron chi connectivity index (χ2n) is 4.29. The first kappa shape index (κ1) is 12.2. The lowest BCUT2D eigenvalue weighted by molar-refractivity contribution is 0.439. The topological polar surface area (TPSA) is 26.0 Å². The minimum atomic E-state index is -0.203. The molecule has 1 rings (SSSR count). The molecule has 2 unspecified atom stereocenters. The summed E-state index contributed by atoms with van der Waals surface area (Å²) in [6.45, 7) is 4.37. The van der Waals surface area contributed by atoms with Crippen LogP contribution < -0.4 is 5.73 Å². The Hall–Kier alpha value is -0.890. The highest BCUT2D eigenvalue weighted by molar-refractivity contribution is 5.19. The van der Waals surface area contributed by atoms with Crippen molar-refractivity contribution in [1.82, 2.24) is 0 Å². The lowest BCUT2D eigenvalue weighted by Crippen LogP contribution is -2.14. The Morgan fingerprint density at radius 3 is 2.73 bits per heavy atom. The van der Waals surface area contributed by atoms with Crippen molar-refractivity contribution in [3.8, 4) is 0 Å². The highest BCUT2D eigenvalue weighted by atomic mass is 19.1. The van der Waals surface area contributed by atoms with Gasteiger partial charge in [-0.3, -0.25) is 0 Å². The summed E-state index contributed by atoms with van der Waals surface area (Å²) >= 11 is 0. The molecule has 2 heteroatoms. The average Bonchev–Trinajstić information content (AvgIpc) is 2.18. The fraction of sp³-hybridized carbons (Fsp3) is 0.538. The Kier molecular flexibility index (Phi) is 4.76. The summed E-state index contributed by atoms with van der Waals surface area (Å²) < 4.78 is 13.0. The van der Waals surface area contributed by atoms with Crippen molar-refractivity contribution in [2.45, 2.75) is 39.2 Å². The standard InChI is InChI=1S/C13H20FN/c1-3-5-10(2)8-13(15)11-6-4-7-12(14)9-11/h4,6-7,9-10,13H,3,5,8,15H2,1-2H3. The van der Waals surface area contributed by atoms with E-state index >= 15 is 0 Å². The highest BCUT2D eigenvalue weighted by Crippen LogP contribution is 2.22. The molecule has 1 aromatic rings. The van der Waals surface area contributed by atoms with Crippen LogP contribution in [0.5, 0.6) is 0 Å². The molecule has 0 aliphatic carbocycles. The summed E-state index contributed by atoms with van der Waals surface area (Å²) in [4.78, 5) is 0. The van der Waals surface area contributed by atoms with Gasteiger partial charge >= 0.3 is 0 Å². The first-order valence-electron chi connectivity index (χ1n) is 5.64. The molecular formula is C13H20FN. The van der Waals surface area contributed by atoms with E-state index in [1.807, 2.05) is 6.07 Å². The van der Waals surface area contributed by atoms with Crippen LogP contribution in [0.15, 0.2) is 24.3 Å². The molecule has 0 aromatic heterocycles. The fourth-order valence-electron chi connectivity index (χ4n) is 1.92. The molecule has 0 saturated carbocycles. The van der Waals surface area contributed by atoms with Crippen LogP contribution in [-0.2, 0) is 0 Å². The summed E-state index contributed by atoms with van der Waals surface area (Å²) in [5.41, 5.74) is 6.93. The smallest absolute Gasteiger partial charge is 0.123 e. The van der Waals surface area contributed by atoms with Crippen LogP contribution in [0, 0.1) is 11.7 Å². The van der Waals surface area contributed by atoms with Crippen LogP contribution in [-0.4, -0.2) is 0 Å². The minimum Gasteiger partial charge on any atom is -0.324 e. The number of benzene rings is 1. The van der Waals surface area contributed by atoms with Crippen molar-refractivity contribution in [1.29, 1.82) is 0 Å². The first-order chi connectivity index (χ1) is 7.13. The first-order valence-corrected chi connectivity index (χ1v) is 5.64. The molecule has 0 saturated heterocycles. The Bertz CT molecular complexity index is 298. The average molecular weight is 209 g/mol. The van der Waals surface area contributed by atoms with Gasteiger partial charge in [0.15, 0.2) is 0 Å². The molecule has 2 N–H and O–H groups in total. The fourth-order valence-corrected chi connectivity index (χ4v) is 1.92. The number of nitrogens with two attached hydrogens (primary N) is 1. The van der Waals surface area contributed by atoms with Crippen LogP contribution in [0.25, 0.3) is 0 Å². The zero-order chi connectivity index (χ0) is 11.3. The van der Waals surface area contributed by atoms with Crippen molar-refractivity contribution in [3.63, 3.8) is 0 Å². The lowest BCUT2D eigenvalue weighted by Gasteiger charge is -2.17. The molecule has 0 spiro atoms. The zero-order valence-corrected chi connectivity index (χ0v) is 9.54. The molecule has 0 aliphatic heterocycles. The maximum Gasteiger partial charge on any atom is 0.123 e. The van der Waals surface area contributed by atoms with Gasteiger partial charge < -0.3 is 5.73 Å². The van der Waals surface area contributed by atoms with Crippen molar-refractivity contribution < 1.29 is 4.39 Å². The molecule has 0 fully saturated rings. The van der Waals surface area contributed by atoms with Gasteiger partial charge in [0.1, 0.15) is 5.82 Å². The molecule has 0 bridgehead atoms. The minimum absolute atomic E-state index is 0.0396. The van der Waals surface area contributed by atoms with Gasteiger partial charge in [-0.15, -0.1) is 0 Å². The van der Waals surface area contributed by atoms with Gasteiger partial charge in [-0.1, -0.05) is 38.8 Å². The van der Waals surface area contributed by atoms with Crippen molar-refractivity contribution in [2.75, 3.05) is 0 Å². The van der Waals surface area contributed by atoms with Crippen LogP contribution in [0.2, 0.25) is 0 Å². The van der Waals surface area contributed by atoms with Crippen LogP contribution in [0.4, 0.5) is 4.39 Å². The monoisotopic (exact) mass is 209 g/mol. The van der Waals surface area contributed by atoms with Crippen molar-refractivity contribution >= 4 is 0 Å². The largest absolute Gasteiger partial charge is 0.324 e. The van der Waals surface area contributed by atoms with Gasteiger partial charge in [-0.25, -0.2) is 4.39 Å². The zero-order valence-electron chi connectivity index (χ0n) is 9.54. The van der Waals surface area contributed by atoms with E-state index in [9.17, 15) is 4.39 Å². The number of hydrogen-bond acceptors (Lipinski definition) is 1. The van der Waals surface area contributed by atoms with E-state index in [1.54, 1.807) is 6.07 Å². The number of hydrogen-bond donors (Lipinski definition) is 1. The second kappa shape index (κ2) is 5.86. The third kappa shape index (κ3) is 4.00. The predicted molar refractivity (Wildman–Crippen MR) is 62.0 cm³/mol. The van der Waals surface area contributed by atoms with E-state index in [1.165, 1.54) is 25.0 Å². The summed E-state index contributed by atoms with van der Waals surface area (Å²) in [5.74, 6) is 0.402. The molecule has 0 amide bonds. The Balaban J connectivity index is 2.56. The maximum absolute atomic E-state index is 13.0. The predicted octanol–water partition coefficient (Wildman–Crippen LogP) is 3.65. The van der Waals surface area contributed by atoms with Gasteiger partial charge in [0.05, 0.1) is 0 Å². The van der Waals surface area contributed by atoms with Crippen LogP contribution >= 0.6 is 0 Å². The normalized spacial score (nSPS) is 14.9. The van der Waals surface area contributed by atoms with Crippen molar-refractivity contribution in [2.24, 2.45) is 11.7 Å². The Morgan fingerprint density at radius 2 is 2.13 bits per heavy atom. The van der Waals surface area contributed by atoms with Crippen LogP contribution in [0.1, 0.15) is 44.7 Å². The van der Waals surface area contributed by atoms with E-state index in [0.29, 0.717) is 5.92 Å². The Morgan fingerprint density at radius 1 is 1.40 bits per heavy atom. The summed E-state index contributed by atoms with van der Waals surface area (Å²) in [6, 6.07) is 6.55. The SMILES string of the molecule is CCCC(C)CC(N)c1cccc(F)c1. The second-order valence-corrected chi connectivity index (χ2v) is 4.29. The van der Waals surface area contributed by atoms with E-state index in [2.05, 4.69) is 13.8 Å². The molecule has 1 aromatic carbocycles. The molecule has 0 radical (unpaired) electrons. The van der Waals surface area contributed by atoms with Crippen LogP contribution in [0.3, 0.4) is 0 Å². The summed E-state index contributed by atoms with van der Waals surface area (Å²) in [6.07, 6.45) is 3.29. The molecule has 2 atom stereocenters. The van der Waals surface area contributed by atoms with Gasteiger partial charge in [0.25, 0.3) is 0 Å². The van der Waals surface area contributed by atoms with Gasteiger partial charge in [0, 0.05) is 6.04 Å². The molecular weight excluding hydrogens is 189 g/mol. The van der Waals surface area contributed by atoms with E-state index in [-0.39, 0.29) is 11.9 Å². The maximum atomic E-state index is 13.0. The third-order valence-corrected chi connectivity index (χ3v) is 2.71. The van der Waals surface area contributed by atoms with Gasteiger partial charge in [-0.05, 0) is 30.0 Å². The lowest BCUT2D eigenvalue weighted by atomic mass is 9.93.